The average Bonchev–Trinajstić information content (AvgIpc) is 2.86. The molecule has 9 heteroatoms. The Morgan fingerprint density at radius 2 is 2.40 bits per heavy atom. The van der Waals surface area contributed by atoms with Crippen LogP contribution in [0, 0.1) is 0 Å². The lowest BCUT2D eigenvalue weighted by Gasteiger charge is -2.30. The quantitative estimate of drug-likeness (QED) is 0.817. The van der Waals surface area contributed by atoms with E-state index in [1.807, 2.05) is 0 Å². The molecule has 0 aromatic carbocycles. The number of ether oxygens (including phenoxy) is 1. The number of rotatable bonds is 4. The summed E-state index contributed by atoms with van der Waals surface area (Å²) in [6.45, 7) is 0.793. The predicted octanol–water partition coefficient (Wildman–Crippen LogP) is -0.286. The molecule has 8 nitrogen and oxygen atoms in total. The number of primary sulfonamides is 1. The lowest BCUT2D eigenvalue weighted by Crippen LogP contribution is -2.47. The number of hydrogen-bond donors (Lipinski definition) is 1. The molecule has 1 fully saturated rings. The lowest BCUT2D eigenvalue weighted by molar-refractivity contribution is 0.0716. The zero-order valence-electron chi connectivity index (χ0n) is 11.1. The number of methoxy groups -OCH3 is 1. The Morgan fingerprint density at radius 1 is 1.65 bits per heavy atom. The molecule has 0 aliphatic carbocycles. The predicted molar refractivity (Wildman–Crippen MR) is 69.2 cm³/mol. The van der Waals surface area contributed by atoms with Gasteiger partial charge in [0.1, 0.15) is 6.61 Å². The number of hydrogen-bond acceptors (Lipinski definition) is 6. The molecule has 0 saturated carbocycles. The first-order valence-electron chi connectivity index (χ1n) is 6.17. The zero-order valence-corrected chi connectivity index (χ0v) is 11.9. The maximum absolute atomic E-state index is 12.2. The maximum Gasteiger partial charge on any atom is 0.276 e. The number of nitrogens with two attached hydrogens (primary N) is 1. The second-order valence-corrected chi connectivity index (χ2v) is 6.56. The van der Waals surface area contributed by atoms with Crippen LogP contribution < -0.4 is 5.14 Å². The van der Waals surface area contributed by atoms with E-state index in [2.05, 4.69) is 5.16 Å². The summed E-state index contributed by atoms with van der Waals surface area (Å²) in [5.41, 5.74) is 0.145. The van der Waals surface area contributed by atoms with Crippen molar-refractivity contribution in [2.75, 3.05) is 20.2 Å². The topological polar surface area (TPSA) is 116 Å². The number of carbonyl (C=O) groups excluding carboxylic acids is 1. The van der Waals surface area contributed by atoms with Crippen LogP contribution in [-0.4, -0.2) is 49.8 Å². The van der Waals surface area contributed by atoms with Gasteiger partial charge in [-0.05, 0) is 12.8 Å². The molecule has 1 amide bonds. The molecule has 1 aromatic rings. The van der Waals surface area contributed by atoms with Gasteiger partial charge in [-0.3, -0.25) is 4.79 Å². The van der Waals surface area contributed by atoms with Gasteiger partial charge >= 0.3 is 0 Å². The largest absolute Gasteiger partial charge is 0.377 e. The number of sulfonamides is 1. The Labute approximate surface area is 116 Å². The van der Waals surface area contributed by atoms with Crippen LogP contribution in [-0.2, 0) is 21.4 Å². The van der Waals surface area contributed by atoms with Crippen molar-refractivity contribution in [3.05, 3.63) is 17.5 Å². The summed E-state index contributed by atoms with van der Waals surface area (Å²) in [5.74, 6) is 0.0836. The van der Waals surface area contributed by atoms with Gasteiger partial charge in [0.2, 0.25) is 10.0 Å². The minimum Gasteiger partial charge on any atom is -0.377 e. The molecule has 0 bridgehead atoms. The smallest absolute Gasteiger partial charge is 0.276 e. The summed E-state index contributed by atoms with van der Waals surface area (Å²) in [6, 6.07) is 1.49. The monoisotopic (exact) mass is 303 g/mol. The molecule has 2 heterocycles. The van der Waals surface area contributed by atoms with Crippen molar-refractivity contribution in [1.82, 2.24) is 10.1 Å². The van der Waals surface area contributed by atoms with E-state index in [9.17, 15) is 13.2 Å². The van der Waals surface area contributed by atoms with Crippen LogP contribution in [0.5, 0.6) is 0 Å². The normalized spacial score (nSPS) is 20.1. The summed E-state index contributed by atoms with van der Waals surface area (Å²) >= 11 is 0. The Bertz CT molecular complexity index is 583. The average molecular weight is 303 g/mol. The lowest BCUT2D eigenvalue weighted by atomic mass is 10.1. The Morgan fingerprint density at radius 3 is 3.05 bits per heavy atom. The summed E-state index contributed by atoms with van der Waals surface area (Å²) in [4.78, 5) is 13.7. The van der Waals surface area contributed by atoms with Crippen LogP contribution in [0.2, 0.25) is 0 Å². The van der Waals surface area contributed by atoms with Crippen LogP contribution >= 0.6 is 0 Å². The first-order chi connectivity index (χ1) is 9.41. The first-order valence-corrected chi connectivity index (χ1v) is 7.78. The summed E-state index contributed by atoms with van der Waals surface area (Å²) < 4.78 is 32.6. The van der Waals surface area contributed by atoms with Crippen molar-refractivity contribution in [2.45, 2.75) is 24.7 Å². The molecule has 1 aliphatic rings. The highest BCUT2D eigenvalue weighted by atomic mass is 32.2. The number of piperidine rings is 1. The molecule has 2 N–H and O–H groups in total. The molecule has 0 radical (unpaired) electrons. The summed E-state index contributed by atoms with van der Waals surface area (Å²) in [5, 5.41) is 8.09. The Hall–Kier alpha value is -1.45. The van der Waals surface area contributed by atoms with E-state index in [1.165, 1.54) is 18.1 Å². The van der Waals surface area contributed by atoms with E-state index in [-0.39, 0.29) is 24.8 Å². The molecule has 0 spiro atoms. The van der Waals surface area contributed by atoms with Crippen LogP contribution in [0.1, 0.15) is 29.1 Å². The molecule has 2 rings (SSSR count). The minimum absolute atomic E-state index is 0.0874. The number of amides is 1. The van der Waals surface area contributed by atoms with Crippen LogP contribution in [0.4, 0.5) is 0 Å². The van der Waals surface area contributed by atoms with Crippen molar-refractivity contribution in [3.8, 4) is 0 Å². The highest BCUT2D eigenvalue weighted by molar-refractivity contribution is 7.89. The van der Waals surface area contributed by atoms with Crippen LogP contribution in [0.15, 0.2) is 10.6 Å². The van der Waals surface area contributed by atoms with E-state index in [0.29, 0.717) is 25.1 Å². The molecule has 20 heavy (non-hydrogen) atoms. The van der Waals surface area contributed by atoms with Crippen LogP contribution in [0.3, 0.4) is 0 Å². The number of nitrogens with zero attached hydrogens (tertiary/aromatic N) is 2. The third-order valence-corrected chi connectivity index (χ3v) is 4.51. The third-order valence-electron chi connectivity index (χ3n) is 3.19. The molecule has 1 aromatic heterocycles. The third kappa shape index (κ3) is 3.35. The fourth-order valence-electron chi connectivity index (χ4n) is 2.18. The van der Waals surface area contributed by atoms with Gasteiger partial charge in [-0.2, -0.15) is 0 Å². The van der Waals surface area contributed by atoms with Crippen molar-refractivity contribution < 1.29 is 22.5 Å². The summed E-state index contributed by atoms with van der Waals surface area (Å²) in [6.07, 6.45) is 1.06. The Kier molecular flexibility index (Phi) is 4.41. The van der Waals surface area contributed by atoms with Crippen LogP contribution in [0.25, 0.3) is 0 Å². The fraction of sp³-hybridized carbons (Fsp3) is 0.636. The van der Waals surface area contributed by atoms with E-state index in [1.54, 1.807) is 0 Å². The van der Waals surface area contributed by atoms with E-state index in [0.717, 1.165) is 0 Å². The second kappa shape index (κ2) is 5.90. The molecular weight excluding hydrogens is 286 g/mol. The standard InChI is InChI=1S/C11H17N3O5S/c1-18-7-8-5-10(13-19-8)11(15)14-4-2-3-9(6-14)20(12,16)17/h5,9H,2-4,6-7H2,1H3,(H2,12,16,17). The molecule has 1 aliphatic heterocycles. The van der Waals surface area contributed by atoms with Gasteiger partial charge in [-0.15, -0.1) is 0 Å². The van der Waals surface area contributed by atoms with Gasteiger partial charge in [0.15, 0.2) is 11.5 Å². The zero-order chi connectivity index (χ0) is 14.8. The van der Waals surface area contributed by atoms with Crippen molar-refractivity contribution in [3.63, 3.8) is 0 Å². The molecule has 1 atom stereocenters. The molecule has 112 valence electrons. The van der Waals surface area contributed by atoms with Gasteiger partial charge in [-0.1, -0.05) is 5.16 Å². The van der Waals surface area contributed by atoms with Crippen molar-refractivity contribution >= 4 is 15.9 Å². The highest BCUT2D eigenvalue weighted by Crippen LogP contribution is 2.18. The molecule has 1 saturated heterocycles. The van der Waals surface area contributed by atoms with E-state index >= 15 is 0 Å². The van der Waals surface area contributed by atoms with Gasteiger partial charge < -0.3 is 14.2 Å². The van der Waals surface area contributed by atoms with Crippen molar-refractivity contribution in [1.29, 1.82) is 0 Å². The van der Waals surface area contributed by atoms with Gasteiger partial charge in [-0.25, -0.2) is 13.6 Å². The molecule has 1 unspecified atom stereocenters. The minimum atomic E-state index is -3.64. The van der Waals surface area contributed by atoms with E-state index in [4.69, 9.17) is 14.4 Å². The Balaban J connectivity index is 2.08. The van der Waals surface area contributed by atoms with Gasteiger partial charge in [0.25, 0.3) is 5.91 Å². The highest BCUT2D eigenvalue weighted by Gasteiger charge is 2.31. The van der Waals surface area contributed by atoms with Crippen molar-refractivity contribution in [2.24, 2.45) is 5.14 Å². The number of aromatic nitrogens is 1. The second-order valence-electron chi connectivity index (χ2n) is 4.72. The van der Waals surface area contributed by atoms with E-state index < -0.39 is 15.3 Å². The van der Waals surface area contributed by atoms with Gasteiger partial charge in [0, 0.05) is 26.3 Å². The summed E-state index contributed by atoms with van der Waals surface area (Å²) in [7, 11) is -2.13. The fourth-order valence-corrected chi connectivity index (χ4v) is 3.06. The van der Waals surface area contributed by atoms with Gasteiger partial charge in [0.05, 0.1) is 5.25 Å². The SMILES string of the molecule is COCc1cc(C(=O)N2CCCC(S(N)(=O)=O)C2)no1. The number of likely N-dealkylation sites (tertiary alicyclic amines) is 1. The maximum atomic E-state index is 12.2. The first kappa shape index (κ1) is 14.9. The molecular formula is C11H17N3O5S. The number of carbonyl (C=O) groups is 1.